The second kappa shape index (κ2) is 7.27. The van der Waals surface area contributed by atoms with E-state index >= 15 is 0 Å². The summed E-state index contributed by atoms with van der Waals surface area (Å²) >= 11 is 5.64. The number of hydrogen-bond acceptors (Lipinski definition) is 2. The lowest BCUT2D eigenvalue weighted by Crippen LogP contribution is -2.13. The third-order valence-corrected chi connectivity index (χ3v) is 3.09. The summed E-state index contributed by atoms with van der Waals surface area (Å²) in [4.78, 5) is 0. The Morgan fingerprint density at radius 2 is 1.95 bits per heavy atom. The Morgan fingerprint density at radius 3 is 2.70 bits per heavy atom. The highest BCUT2D eigenvalue weighted by Gasteiger charge is 2.03. The molecule has 106 valence electrons. The molecule has 20 heavy (non-hydrogen) atoms. The van der Waals surface area contributed by atoms with Gasteiger partial charge in [-0.05, 0) is 42.8 Å². The number of rotatable bonds is 6. The van der Waals surface area contributed by atoms with Crippen LogP contribution in [0.1, 0.15) is 18.9 Å². The van der Waals surface area contributed by atoms with E-state index in [9.17, 15) is 4.39 Å². The van der Waals surface area contributed by atoms with Gasteiger partial charge < -0.3 is 10.1 Å². The summed E-state index contributed by atoms with van der Waals surface area (Å²) < 4.78 is 19.0. The van der Waals surface area contributed by atoms with Crippen molar-refractivity contribution in [1.29, 1.82) is 0 Å². The molecule has 0 unspecified atom stereocenters. The van der Waals surface area contributed by atoms with Gasteiger partial charge >= 0.3 is 0 Å². The van der Waals surface area contributed by atoms with Crippen molar-refractivity contribution in [3.05, 3.63) is 58.9 Å². The summed E-state index contributed by atoms with van der Waals surface area (Å²) in [5.74, 6) is 0.637. The molecule has 0 aliphatic heterocycles. The lowest BCUT2D eigenvalue weighted by molar-refractivity contribution is 0.476. The summed E-state index contributed by atoms with van der Waals surface area (Å²) in [6.45, 7) is 3.90. The average Bonchev–Trinajstić information content (AvgIpc) is 2.44. The third-order valence-electron chi connectivity index (χ3n) is 2.78. The molecular formula is C16H17ClFNO. The van der Waals surface area contributed by atoms with Crippen LogP contribution >= 0.6 is 11.6 Å². The highest BCUT2D eigenvalue weighted by molar-refractivity contribution is 6.30. The van der Waals surface area contributed by atoms with Crippen molar-refractivity contribution in [3.8, 4) is 11.5 Å². The van der Waals surface area contributed by atoms with Gasteiger partial charge in [0.25, 0.3) is 0 Å². The van der Waals surface area contributed by atoms with Gasteiger partial charge in [0.05, 0.1) is 5.02 Å². The van der Waals surface area contributed by atoms with Gasteiger partial charge in [0.1, 0.15) is 17.3 Å². The van der Waals surface area contributed by atoms with Crippen molar-refractivity contribution < 1.29 is 9.13 Å². The summed E-state index contributed by atoms with van der Waals surface area (Å²) in [7, 11) is 0. The van der Waals surface area contributed by atoms with Crippen molar-refractivity contribution in [2.75, 3.05) is 6.54 Å². The van der Waals surface area contributed by atoms with Crippen LogP contribution in [0, 0.1) is 5.82 Å². The Labute approximate surface area is 123 Å². The maximum Gasteiger partial charge on any atom is 0.145 e. The first-order chi connectivity index (χ1) is 9.69. The molecule has 0 aliphatic carbocycles. The zero-order valence-electron chi connectivity index (χ0n) is 11.3. The van der Waals surface area contributed by atoms with Crippen LogP contribution in [0.15, 0.2) is 42.5 Å². The van der Waals surface area contributed by atoms with E-state index in [0.29, 0.717) is 11.5 Å². The Balaban J connectivity index is 2.05. The molecule has 2 aromatic rings. The van der Waals surface area contributed by atoms with Gasteiger partial charge in [-0.15, -0.1) is 0 Å². The van der Waals surface area contributed by atoms with Crippen LogP contribution in [0.4, 0.5) is 4.39 Å². The SMILES string of the molecule is CCCNCc1cccc(Oc2ccc(Cl)c(F)c2)c1. The van der Waals surface area contributed by atoms with Crippen molar-refractivity contribution in [1.82, 2.24) is 5.32 Å². The first-order valence-electron chi connectivity index (χ1n) is 6.61. The number of benzene rings is 2. The fourth-order valence-corrected chi connectivity index (χ4v) is 1.92. The summed E-state index contributed by atoms with van der Waals surface area (Å²) in [6.07, 6.45) is 1.10. The molecule has 0 fully saturated rings. The summed E-state index contributed by atoms with van der Waals surface area (Å²) in [6, 6.07) is 12.1. The van der Waals surface area contributed by atoms with E-state index in [1.54, 1.807) is 6.07 Å². The van der Waals surface area contributed by atoms with Gasteiger partial charge in [-0.3, -0.25) is 0 Å². The highest BCUT2D eigenvalue weighted by atomic mass is 35.5. The Bertz CT molecular complexity index is 574. The first kappa shape index (κ1) is 14.8. The minimum absolute atomic E-state index is 0.0925. The van der Waals surface area contributed by atoms with Crippen molar-refractivity contribution in [2.45, 2.75) is 19.9 Å². The number of hydrogen-bond donors (Lipinski definition) is 1. The maximum absolute atomic E-state index is 13.3. The first-order valence-corrected chi connectivity index (χ1v) is 6.99. The van der Waals surface area contributed by atoms with Crippen LogP contribution in [0.25, 0.3) is 0 Å². The molecule has 4 heteroatoms. The molecule has 0 amide bonds. The normalized spacial score (nSPS) is 10.6. The van der Waals surface area contributed by atoms with Crippen LogP contribution in [0.5, 0.6) is 11.5 Å². The Morgan fingerprint density at radius 1 is 1.15 bits per heavy atom. The van der Waals surface area contributed by atoms with Crippen LogP contribution in [0.3, 0.4) is 0 Å². The van der Waals surface area contributed by atoms with Gasteiger partial charge in [-0.1, -0.05) is 30.7 Å². The Kier molecular flexibility index (Phi) is 5.39. The third kappa shape index (κ3) is 4.22. The molecular weight excluding hydrogens is 277 g/mol. The maximum atomic E-state index is 13.3. The second-order valence-electron chi connectivity index (χ2n) is 4.50. The van der Waals surface area contributed by atoms with Crippen LogP contribution in [-0.4, -0.2) is 6.54 Å². The zero-order valence-corrected chi connectivity index (χ0v) is 12.1. The molecule has 0 radical (unpaired) electrons. The Hall–Kier alpha value is -1.58. The van der Waals surface area contributed by atoms with Crippen LogP contribution < -0.4 is 10.1 Å². The monoisotopic (exact) mass is 293 g/mol. The molecule has 0 atom stereocenters. The zero-order chi connectivity index (χ0) is 14.4. The fourth-order valence-electron chi connectivity index (χ4n) is 1.80. The molecule has 2 rings (SSSR count). The molecule has 0 aromatic heterocycles. The van der Waals surface area contributed by atoms with E-state index in [4.69, 9.17) is 16.3 Å². The number of nitrogens with one attached hydrogen (secondary N) is 1. The molecule has 0 saturated carbocycles. The topological polar surface area (TPSA) is 21.3 Å². The van der Waals surface area contributed by atoms with Crippen molar-refractivity contribution >= 4 is 11.6 Å². The molecule has 2 aromatic carbocycles. The number of ether oxygens (including phenoxy) is 1. The molecule has 1 N–H and O–H groups in total. The smallest absolute Gasteiger partial charge is 0.145 e. The van der Waals surface area contributed by atoms with Gasteiger partial charge in [0.15, 0.2) is 0 Å². The predicted octanol–water partition coefficient (Wildman–Crippen LogP) is 4.77. The molecule has 0 heterocycles. The summed E-state index contributed by atoms with van der Waals surface area (Å²) in [5, 5.41) is 3.42. The molecule has 0 bridgehead atoms. The van der Waals surface area contributed by atoms with Crippen molar-refractivity contribution in [3.63, 3.8) is 0 Å². The second-order valence-corrected chi connectivity index (χ2v) is 4.91. The molecule has 0 spiro atoms. The fraction of sp³-hybridized carbons (Fsp3) is 0.250. The lowest BCUT2D eigenvalue weighted by atomic mass is 10.2. The van der Waals surface area contributed by atoms with E-state index in [1.807, 2.05) is 24.3 Å². The minimum Gasteiger partial charge on any atom is -0.457 e. The van der Waals surface area contributed by atoms with E-state index in [0.717, 1.165) is 25.1 Å². The van der Waals surface area contributed by atoms with Crippen LogP contribution in [-0.2, 0) is 6.54 Å². The van der Waals surface area contributed by atoms with Crippen molar-refractivity contribution in [2.24, 2.45) is 0 Å². The average molecular weight is 294 g/mol. The summed E-state index contributed by atoms with van der Waals surface area (Å²) in [5.41, 5.74) is 1.13. The lowest BCUT2D eigenvalue weighted by Gasteiger charge is -2.09. The number of halogens is 2. The van der Waals surface area contributed by atoms with E-state index in [2.05, 4.69) is 12.2 Å². The highest BCUT2D eigenvalue weighted by Crippen LogP contribution is 2.25. The quantitative estimate of drug-likeness (QED) is 0.775. The molecule has 0 aliphatic rings. The molecule has 0 saturated heterocycles. The minimum atomic E-state index is -0.482. The van der Waals surface area contributed by atoms with E-state index < -0.39 is 5.82 Å². The van der Waals surface area contributed by atoms with Gasteiger partial charge in [-0.25, -0.2) is 4.39 Å². The largest absolute Gasteiger partial charge is 0.457 e. The van der Waals surface area contributed by atoms with Gasteiger partial charge in [0, 0.05) is 12.6 Å². The standard InChI is InChI=1S/C16H17ClFNO/c1-2-8-19-11-12-4-3-5-13(9-12)20-14-6-7-15(17)16(18)10-14/h3-7,9-10,19H,2,8,11H2,1H3. The van der Waals surface area contributed by atoms with Gasteiger partial charge in [0.2, 0.25) is 0 Å². The predicted molar refractivity (Wildman–Crippen MR) is 79.9 cm³/mol. The van der Waals surface area contributed by atoms with Gasteiger partial charge in [-0.2, -0.15) is 0 Å². The van der Waals surface area contributed by atoms with Crippen LogP contribution in [0.2, 0.25) is 5.02 Å². The molecule has 2 nitrogen and oxygen atoms in total. The van der Waals surface area contributed by atoms with E-state index in [1.165, 1.54) is 12.1 Å². The van der Waals surface area contributed by atoms with E-state index in [-0.39, 0.29) is 5.02 Å².